The Morgan fingerprint density at radius 2 is 1.68 bits per heavy atom. The van der Waals surface area contributed by atoms with Gasteiger partial charge in [-0.15, -0.1) is 0 Å². The van der Waals surface area contributed by atoms with Crippen molar-refractivity contribution in [2.24, 2.45) is 5.92 Å². The number of aromatic nitrogens is 1. The summed E-state index contributed by atoms with van der Waals surface area (Å²) >= 11 is 8.38. The highest BCUT2D eigenvalue weighted by atomic mass is 35.5. The number of amides is 2. The number of aromatic amines is 1. The largest absolute Gasteiger partial charge is 0.489 e. The fourth-order valence-electron chi connectivity index (χ4n) is 4.93. The van der Waals surface area contributed by atoms with Crippen LogP contribution in [0.2, 0.25) is 5.02 Å². The molecule has 0 aliphatic carbocycles. The highest BCUT2D eigenvalue weighted by Gasteiger charge is 2.56. The van der Waals surface area contributed by atoms with Gasteiger partial charge in [0.25, 0.3) is 0 Å². The van der Waals surface area contributed by atoms with Crippen LogP contribution in [0.1, 0.15) is 27.5 Å². The molecule has 1 aromatic heterocycles. The molecule has 0 unspecified atom stereocenters. The lowest BCUT2D eigenvalue weighted by Crippen LogP contribution is -2.32. The number of H-pyrrole nitrogens is 1. The highest BCUT2D eigenvalue weighted by molar-refractivity contribution is 8.00. The molecular formula is C28H21ClN2O4S2. The quantitative estimate of drug-likeness (QED) is 0.320. The molecule has 9 heteroatoms. The second kappa shape index (κ2) is 9.52. The van der Waals surface area contributed by atoms with Crippen LogP contribution in [0.3, 0.4) is 0 Å². The summed E-state index contributed by atoms with van der Waals surface area (Å²) in [6, 6.07) is 22.3. The zero-order valence-corrected chi connectivity index (χ0v) is 22.0. The number of halogens is 1. The van der Waals surface area contributed by atoms with Crippen molar-refractivity contribution >= 4 is 52.2 Å². The minimum atomic E-state index is -0.636. The smallest absolute Gasteiger partial charge is 0.305 e. The lowest BCUT2D eigenvalue weighted by atomic mass is 9.83. The van der Waals surface area contributed by atoms with Crippen molar-refractivity contribution < 1.29 is 14.3 Å². The number of carbonyl (C=O) groups excluding carboxylic acids is 2. The lowest BCUT2D eigenvalue weighted by Gasteiger charge is -2.29. The van der Waals surface area contributed by atoms with E-state index in [9.17, 15) is 14.4 Å². The molecule has 2 amide bonds. The SMILES string of the molecule is Cc1ccccc1COc1ccc([C@@H]2c3sc(=O)[nH]c3S[C@H]3C(=O)N(c4ccc(Cl)cc4)C(=O)[C@@H]23)cc1. The first-order chi connectivity index (χ1) is 17.9. The van der Waals surface area contributed by atoms with E-state index in [1.807, 2.05) is 55.5 Å². The van der Waals surface area contributed by atoms with Crippen LogP contribution in [-0.4, -0.2) is 22.0 Å². The Morgan fingerprint density at radius 3 is 2.41 bits per heavy atom. The standard InChI is InChI=1S/C28H21ClN2O4S2/c1-15-4-2-3-5-17(15)14-35-20-12-6-16(7-13-20)21-22-24(36-25-23(21)37-28(34)30-25)27(33)31(26(22)32)19-10-8-18(29)9-11-19/h2-13,21-22,24H,14H2,1H3,(H,30,34)/t21-,22-,24+/m0/s1. The summed E-state index contributed by atoms with van der Waals surface area (Å²) in [6.07, 6.45) is 0. The van der Waals surface area contributed by atoms with E-state index < -0.39 is 17.1 Å². The van der Waals surface area contributed by atoms with Crippen molar-refractivity contribution in [3.63, 3.8) is 0 Å². The number of carbonyl (C=O) groups is 2. The molecular weight excluding hydrogens is 528 g/mol. The molecule has 0 saturated carbocycles. The van der Waals surface area contributed by atoms with Gasteiger partial charge < -0.3 is 9.72 Å². The highest BCUT2D eigenvalue weighted by Crippen LogP contribution is 2.53. The van der Waals surface area contributed by atoms with Crippen LogP contribution in [-0.2, 0) is 16.2 Å². The van der Waals surface area contributed by atoms with Gasteiger partial charge in [0.2, 0.25) is 11.8 Å². The minimum absolute atomic E-state index is 0.199. The number of nitrogens with one attached hydrogen (secondary N) is 1. The number of hydrogen-bond donors (Lipinski definition) is 1. The molecule has 37 heavy (non-hydrogen) atoms. The third kappa shape index (κ3) is 4.29. The van der Waals surface area contributed by atoms with Gasteiger partial charge in [-0.1, -0.05) is 71.1 Å². The van der Waals surface area contributed by atoms with Gasteiger partial charge in [-0.2, -0.15) is 0 Å². The molecule has 1 N–H and O–H groups in total. The summed E-state index contributed by atoms with van der Waals surface area (Å²) in [6.45, 7) is 2.50. The van der Waals surface area contributed by atoms with Gasteiger partial charge in [0.05, 0.1) is 16.6 Å². The Balaban J connectivity index is 1.33. The summed E-state index contributed by atoms with van der Waals surface area (Å²) in [7, 11) is 0. The first-order valence-electron chi connectivity index (χ1n) is 11.7. The second-order valence-corrected chi connectivity index (χ2v) is 11.6. The maximum absolute atomic E-state index is 13.7. The third-order valence-corrected chi connectivity index (χ3v) is 9.46. The molecule has 1 saturated heterocycles. The maximum atomic E-state index is 13.7. The molecule has 0 radical (unpaired) electrons. The average Bonchev–Trinajstić information content (AvgIpc) is 3.39. The van der Waals surface area contributed by atoms with E-state index in [4.69, 9.17) is 16.3 Å². The zero-order valence-electron chi connectivity index (χ0n) is 19.6. The van der Waals surface area contributed by atoms with E-state index in [1.54, 1.807) is 24.3 Å². The molecule has 4 aromatic rings. The summed E-state index contributed by atoms with van der Waals surface area (Å²) < 4.78 is 6.00. The average molecular weight is 549 g/mol. The molecule has 3 atom stereocenters. The van der Waals surface area contributed by atoms with Crippen molar-refractivity contribution in [1.29, 1.82) is 0 Å². The number of ether oxygens (including phenoxy) is 1. The van der Waals surface area contributed by atoms with Crippen LogP contribution in [0.5, 0.6) is 5.75 Å². The van der Waals surface area contributed by atoms with Gasteiger partial charge in [0.15, 0.2) is 0 Å². The van der Waals surface area contributed by atoms with E-state index in [0.29, 0.717) is 28.1 Å². The first-order valence-corrected chi connectivity index (χ1v) is 13.8. The topological polar surface area (TPSA) is 79.5 Å². The van der Waals surface area contributed by atoms with E-state index in [0.717, 1.165) is 32.9 Å². The number of nitrogens with zero attached hydrogens (tertiary/aromatic N) is 1. The van der Waals surface area contributed by atoms with Gasteiger partial charge in [-0.05, 0) is 60.0 Å². The molecule has 2 aliphatic heterocycles. The molecule has 6 nitrogen and oxygen atoms in total. The number of rotatable bonds is 5. The number of benzene rings is 3. The number of thioether (sulfide) groups is 1. The zero-order chi connectivity index (χ0) is 25.7. The molecule has 0 spiro atoms. The van der Waals surface area contributed by atoms with Crippen molar-refractivity contribution in [3.05, 3.63) is 109 Å². The van der Waals surface area contributed by atoms with Crippen LogP contribution in [0.4, 0.5) is 5.69 Å². The van der Waals surface area contributed by atoms with Crippen molar-refractivity contribution in [3.8, 4) is 5.75 Å². The Labute approximate surface area is 226 Å². The number of aryl methyl sites for hydroxylation is 1. The van der Waals surface area contributed by atoms with E-state index in [2.05, 4.69) is 4.98 Å². The van der Waals surface area contributed by atoms with E-state index in [1.165, 1.54) is 16.7 Å². The van der Waals surface area contributed by atoms with Gasteiger partial charge in [-0.25, -0.2) is 4.90 Å². The Bertz CT molecular complexity index is 1560. The van der Waals surface area contributed by atoms with Gasteiger partial charge in [-0.3, -0.25) is 14.4 Å². The lowest BCUT2D eigenvalue weighted by molar-refractivity contribution is -0.122. The van der Waals surface area contributed by atoms with Crippen molar-refractivity contribution in [2.75, 3.05) is 4.90 Å². The number of thiazole rings is 1. The Kier molecular flexibility index (Phi) is 6.18. The summed E-state index contributed by atoms with van der Waals surface area (Å²) in [5, 5.41) is 0.542. The van der Waals surface area contributed by atoms with Gasteiger partial charge >= 0.3 is 4.87 Å². The molecule has 6 rings (SSSR count). The molecule has 1 fully saturated rings. The van der Waals surface area contributed by atoms with Crippen molar-refractivity contribution in [2.45, 2.75) is 29.7 Å². The fraction of sp³-hybridized carbons (Fsp3) is 0.179. The molecule has 2 aliphatic rings. The van der Waals surface area contributed by atoms with Crippen molar-refractivity contribution in [1.82, 2.24) is 4.98 Å². The van der Waals surface area contributed by atoms with Crippen LogP contribution in [0.25, 0.3) is 0 Å². The van der Waals surface area contributed by atoms with E-state index in [-0.39, 0.29) is 16.7 Å². The molecule has 3 heterocycles. The normalized spacial score (nSPS) is 20.6. The van der Waals surface area contributed by atoms with Crippen LogP contribution in [0, 0.1) is 12.8 Å². The number of imide groups is 1. The maximum Gasteiger partial charge on any atom is 0.305 e. The number of fused-ring (bicyclic) bond motifs is 2. The van der Waals surface area contributed by atoms with Crippen LogP contribution < -0.4 is 14.5 Å². The van der Waals surface area contributed by atoms with Crippen LogP contribution in [0.15, 0.2) is 82.6 Å². The summed E-state index contributed by atoms with van der Waals surface area (Å²) in [5.74, 6) is -0.924. The summed E-state index contributed by atoms with van der Waals surface area (Å²) in [4.78, 5) is 44.2. The van der Waals surface area contributed by atoms with Gasteiger partial charge in [0, 0.05) is 15.8 Å². The Morgan fingerprint density at radius 1 is 0.946 bits per heavy atom. The minimum Gasteiger partial charge on any atom is -0.489 e. The predicted molar refractivity (Wildman–Crippen MR) is 146 cm³/mol. The molecule has 186 valence electrons. The summed E-state index contributed by atoms with van der Waals surface area (Å²) in [5.41, 5.74) is 3.62. The number of hydrogen-bond acceptors (Lipinski definition) is 6. The Hall–Kier alpha value is -3.33. The molecule has 0 bridgehead atoms. The monoisotopic (exact) mass is 548 g/mol. The van der Waals surface area contributed by atoms with E-state index >= 15 is 0 Å². The number of anilines is 1. The van der Waals surface area contributed by atoms with Gasteiger partial charge in [0.1, 0.15) is 17.6 Å². The molecule has 3 aromatic carbocycles. The first kappa shape index (κ1) is 24.0. The predicted octanol–water partition coefficient (Wildman–Crippen LogP) is 5.77. The van der Waals surface area contributed by atoms with Crippen LogP contribution >= 0.6 is 34.7 Å². The second-order valence-electron chi connectivity index (χ2n) is 9.02. The third-order valence-electron chi connectivity index (χ3n) is 6.80. The fourth-order valence-corrected chi connectivity index (χ4v) is 7.57.